The molecule has 1 aromatic carbocycles. The van der Waals surface area contributed by atoms with Crippen molar-refractivity contribution in [1.82, 2.24) is 20.4 Å². The van der Waals surface area contributed by atoms with Crippen LogP contribution in [0, 0.1) is 29.0 Å². The van der Waals surface area contributed by atoms with Crippen LogP contribution in [0.3, 0.4) is 0 Å². The van der Waals surface area contributed by atoms with Crippen molar-refractivity contribution >= 4 is 23.8 Å². The number of likely N-dealkylation sites (tertiary alicyclic amines) is 1. The van der Waals surface area contributed by atoms with Crippen LogP contribution < -0.4 is 10.6 Å². The number of hydrogen-bond acceptors (Lipinski definition) is 5. The van der Waals surface area contributed by atoms with Gasteiger partial charge in [0, 0.05) is 37.6 Å². The van der Waals surface area contributed by atoms with Gasteiger partial charge in [-0.05, 0) is 116 Å². The van der Waals surface area contributed by atoms with Crippen LogP contribution in [-0.4, -0.2) is 76.5 Å². The Morgan fingerprint density at radius 1 is 0.938 bits per heavy atom. The minimum Gasteiger partial charge on any atom is -0.444 e. The monoisotopic (exact) mass is 668 g/mol. The third-order valence-corrected chi connectivity index (χ3v) is 11.0. The van der Waals surface area contributed by atoms with E-state index in [-0.39, 0.29) is 53.4 Å². The van der Waals surface area contributed by atoms with E-state index in [0.717, 1.165) is 37.7 Å². The molecule has 0 radical (unpaired) electrons. The first-order valence-electron chi connectivity index (χ1n) is 18.2. The summed E-state index contributed by atoms with van der Waals surface area (Å²) in [6.07, 6.45) is 8.79. The van der Waals surface area contributed by atoms with Crippen molar-refractivity contribution in [2.75, 3.05) is 19.6 Å². The first kappa shape index (κ1) is 36.1. The van der Waals surface area contributed by atoms with Crippen molar-refractivity contribution in [3.05, 3.63) is 35.6 Å². The second kappa shape index (κ2) is 14.4. The first-order valence-corrected chi connectivity index (χ1v) is 18.2. The maximum atomic E-state index is 14.3. The topological polar surface area (TPSA) is 108 Å². The number of carbonyl (C=O) groups excluding carboxylic acids is 4. The third kappa shape index (κ3) is 8.51. The quantitative estimate of drug-likeness (QED) is 0.371. The fourth-order valence-corrected chi connectivity index (χ4v) is 8.63. The van der Waals surface area contributed by atoms with Gasteiger partial charge in [0.15, 0.2) is 0 Å². The molecule has 0 aromatic heterocycles. The van der Waals surface area contributed by atoms with Crippen LogP contribution in [0.5, 0.6) is 0 Å². The number of amides is 4. The molecule has 6 rings (SSSR count). The van der Waals surface area contributed by atoms with E-state index in [9.17, 15) is 23.6 Å². The van der Waals surface area contributed by atoms with Crippen LogP contribution in [0.1, 0.15) is 111 Å². The summed E-state index contributed by atoms with van der Waals surface area (Å²) in [7, 11) is 0. The van der Waals surface area contributed by atoms with E-state index in [4.69, 9.17) is 4.74 Å². The molecule has 2 N–H and O–H groups in total. The Morgan fingerprint density at radius 3 is 2.17 bits per heavy atom. The number of nitrogens with one attached hydrogen (secondary N) is 2. The number of fused-ring (bicyclic) bond motifs is 3. The first-order chi connectivity index (χ1) is 22.5. The average Bonchev–Trinajstić information content (AvgIpc) is 3.04. The lowest BCUT2D eigenvalue weighted by Crippen LogP contribution is -2.62. The van der Waals surface area contributed by atoms with E-state index >= 15 is 0 Å². The molecule has 266 valence electrons. The molecule has 4 amide bonds. The number of halogens is 1. The molecule has 10 heteroatoms. The van der Waals surface area contributed by atoms with E-state index in [1.165, 1.54) is 18.6 Å². The van der Waals surface area contributed by atoms with Crippen molar-refractivity contribution in [3.63, 3.8) is 0 Å². The van der Waals surface area contributed by atoms with Crippen molar-refractivity contribution in [3.8, 4) is 0 Å². The van der Waals surface area contributed by atoms with Gasteiger partial charge in [0.05, 0.1) is 11.3 Å². The molecule has 48 heavy (non-hydrogen) atoms. The molecule has 4 atom stereocenters. The van der Waals surface area contributed by atoms with Crippen LogP contribution >= 0.6 is 0 Å². The molecule has 3 saturated heterocycles. The lowest BCUT2D eigenvalue weighted by molar-refractivity contribution is -0.148. The zero-order valence-corrected chi connectivity index (χ0v) is 29.9. The molecule has 0 unspecified atom stereocenters. The second-order valence-corrected chi connectivity index (χ2v) is 16.9. The summed E-state index contributed by atoms with van der Waals surface area (Å²) in [5.74, 6) is -0.673. The van der Waals surface area contributed by atoms with Crippen LogP contribution in [-0.2, 0) is 25.5 Å². The predicted molar refractivity (Wildman–Crippen MR) is 182 cm³/mol. The van der Waals surface area contributed by atoms with Crippen LogP contribution in [0.4, 0.5) is 9.18 Å². The van der Waals surface area contributed by atoms with Crippen LogP contribution in [0.2, 0.25) is 0 Å². The molecular weight excluding hydrogens is 611 g/mol. The van der Waals surface area contributed by atoms with Gasteiger partial charge in [-0.15, -0.1) is 0 Å². The van der Waals surface area contributed by atoms with E-state index in [1.807, 2.05) is 41.5 Å². The molecule has 5 fully saturated rings. The fraction of sp³-hybridized carbons (Fsp3) is 0.737. The van der Waals surface area contributed by atoms with Gasteiger partial charge < -0.3 is 25.2 Å². The zero-order valence-electron chi connectivity index (χ0n) is 29.9. The molecule has 3 heterocycles. The molecule has 2 saturated carbocycles. The highest BCUT2D eigenvalue weighted by molar-refractivity contribution is 5.90. The zero-order chi connectivity index (χ0) is 34.9. The van der Waals surface area contributed by atoms with Gasteiger partial charge in [0.1, 0.15) is 17.5 Å². The second-order valence-electron chi connectivity index (χ2n) is 16.9. The third-order valence-electron chi connectivity index (χ3n) is 11.0. The van der Waals surface area contributed by atoms with Gasteiger partial charge in [0.25, 0.3) is 0 Å². The summed E-state index contributed by atoms with van der Waals surface area (Å²) in [6, 6.07) is 4.88. The molecule has 5 aliphatic rings. The summed E-state index contributed by atoms with van der Waals surface area (Å²) < 4.78 is 19.5. The van der Waals surface area contributed by atoms with E-state index in [1.54, 1.807) is 21.9 Å². The Labute approximate surface area is 286 Å². The number of carbonyl (C=O) groups is 4. The van der Waals surface area contributed by atoms with Gasteiger partial charge in [-0.25, -0.2) is 9.18 Å². The van der Waals surface area contributed by atoms with Crippen molar-refractivity contribution in [2.45, 2.75) is 135 Å². The van der Waals surface area contributed by atoms with Gasteiger partial charge in [0.2, 0.25) is 17.7 Å². The molecule has 9 nitrogen and oxygen atoms in total. The molecular formula is C38H57FN4O5. The molecule has 3 aliphatic heterocycles. The largest absolute Gasteiger partial charge is 0.444 e. The van der Waals surface area contributed by atoms with Gasteiger partial charge in [-0.3, -0.25) is 14.4 Å². The Hall–Kier alpha value is -3.17. The number of nitrogens with zero attached hydrogens (tertiary/aromatic N) is 2. The van der Waals surface area contributed by atoms with Crippen LogP contribution in [0.15, 0.2) is 24.3 Å². The Balaban J connectivity index is 1.33. The van der Waals surface area contributed by atoms with Gasteiger partial charge in [-0.2, -0.15) is 0 Å². The van der Waals surface area contributed by atoms with Gasteiger partial charge >= 0.3 is 6.09 Å². The SMILES string of the molecule is CC(C)(C)NC(=O)C1(C2CCCCC2)CCN(C(=O)[C@@H](Cc2ccc(F)cc2)NC(=O)[C@@H]2C[C@@H]3CC[C@@H]2N(C(=O)OC(C)(C)C)C3)CC1. The standard InChI is InChI=1S/C38H57FN4O5/c1-36(2,3)41-34(46)38(27-10-8-7-9-11-27)18-20-42(21-19-38)33(45)30(23-25-12-15-28(39)16-13-25)40-32(44)29-22-26-14-17-31(29)43(24-26)35(47)48-37(4,5)6/h12-13,15-16,26-27,29-31H,7-11,14,17-24H2,1-6H3,(H,40,44)(H,41,46)/t26-,29+,30+,31-/m0/s1. The summed E-state index contributed by atoms with van der Waals surface area (Å²) >= 11 is 0. The summed E-state index contributed by atoms with van der Waals surface area (Å²) in [5, 5.41) is 6.36. The average molecular weight is 669 g/mol. The predicted octanol–water partition coefficient (Wildman–Crippen LogP) is 5.99. The maximum Gasteiger partial charge on any atom is 0.410 e. The summed E-state index contributed by atoms with van der Waals surface area (Å²) in [5.41, 5.74) is -0.775. The van der Waals surface area contributed by atoms with Crippen molar-refractivity contribution in [1.29, 1.82) is 0 Å². The Morgan fingerprint density at radius 2 is 1.58 bits per heavy atom. The number of ether oxygens (including phenoxy) is 1. The lowest BCUT2D eigenvalue weighted by Gasteiger charge is -2.49. The molecule has 2 aliphatic carbocycles. The number of rotatable bonds is 7. The van der Waals surface area contributed by atoms with E-state index in [2.05, 4.69) is 10.6 Å². The van der Waals surface area contributed by atoms with Gasteiger partial charge in [-0.1, -0.05) is 31.4 Å². The highest BCUT2D eigenvalue weighted by Gasteiger charge is 2.50. The Bertz CT molecular complexity index is 1320. The maximum absolute atomic E-state index is 14.3. The minimum atomic E-state index is -0.857. The highest BCUT2D eigenvalue weighted by atomic mass is 19.1. The van der Waals surface area contributed by atoms with E-state index in [0.29, 0.717) is 45.3 Å². The fourth-order valence-electron chi connectivity index (χ4n) is 8.63. The number of piperidine rings is 3. The van der Waals surface area contributed by atoms with Crippen molar-refractivity contribution < 1.29 is 28.3 Å². The molecule has 2 bridgehead atoms. The van der Waals surface area contributed by atoms with E-state index < -0.39 is 29.1 Å². The lowest BCUT2D eigenvalue weighted by atomic mass is 9.63. The smallest absolute Gasteiger partial charge is 0.410 e. The normalized spacial score (nSPS) is 25.3. The highest BCUT2D eigenvalue weighted by Crippen LogP contribution is 2.47. The Kier molecular flexibility index (Phi) is 10.8. The van der Waals surface area contributed by atoms with Crippen LogP contribution in [0.25, 0.3) is 0 Å². The number of hydrogen-bond donors (Lipinski definition) is 2. The summed E-state index contributed by atoms with van der Waals surface area (Å²) in [6.45, 7) is 13.0. The van der Waals surface area contributed by atoms with Crippen molar-refractivity contribution in [2.24, 2.45) is 23.2 Å². The minimum absolute atomic E-state index is 0.0899. The molecule has 0 spiro atoms. The summed E-state index contributed by atoms with van der Waals surface area (Å²) in [4.78, 5) is 58.9. The number of benzene rings is 1. The molecule has 1 aromatic rings.